The van der Waals surface area contributed by atoms with Gasteiger partial charge in [0.2, 0.25) is 5.88 Å². The van der Waals surface area contributed by atoms with Crippen molar-refractivity contribution in [3.63, 3.8) is 0 Å². The van der Waals surface area contributed by atoms with Crippen LogP contribution in [0.15, 0.2) is 115 Å². The SMILES string of the molecule is CCOc1cc(C2C(C#N)=C(N)Oc3cc(OC(=O)c4cccc5ccccc45)ccc32)ccc1OCc1ccc(C)cc1. The fraction of sp³-hybridized carbons (Fsp3) is 0.135. The molecule has 0 aromatic heterocycles. The smallest absolute Gasteiger partial charge is 0.344 e. The van der Waals surface area contributed by atoms with Gasteiger partial charge >= 0.3 is 5.97 Å². The summed E-state index contributed by atoms with van der Waals surface area (Å²) in [5, 5.41) is 11.8. The van der Waals surface area contributed by atoms with E-state index in [2.05, 4.69) is 6.07 Å². The fourth-order valence-corrected chi connectivity index (χ4v) is 5.34. The Morgan fingerprint density at radius 2 is 1.70 bits per heavy atom. The van der Waals surface area contributed by atoms with Crippen LogP contribution in [0.3, 0.4) is 0 Å². The van der Waals surface area contributed by atoms with E-state index in [0.29, 0.717) is 47.3 Å². The number of aryl methyl sites for hydroxylation is 1. The van der Waals surface area contributed by atoms with E-state index in [1.807, 2.05) is 92.7 Å². The van der Waals surface area contributed by atoms with Crippen molar-refractivity contribution in [1.82, 2.24) is 0 Å². The number of rotatable bonds is 8. The van der Waals surface area contributed by atoms with Crippen LogP contribution >= 0.6 is 0 Å². The highest BCUT2D eigenvalue weighted by molar-refractivity contribution is 6.05. The molecule has 0 saturated carbocycles. The number of nitrogens with two attached hydrogens (primary N) is 1. The Kier molecular flexibility index (Phi) is 7.90. The molecule has 0 saturated heterocycles. The number of allylic oxidation sites excluding steroid dienone is 1. The maximum absolute atomic E-state index is 13.2. The van der Waals surface area contributed by atoms with Crippen molar-refractivity contribution in [2.45, 2.75) is 26.4 Å². The average Bonchev–Trinajstić information content (AvgIpc) is 3.04. The molecule has 6 rings (SSSR count). The summed E-state index contributed by atoms with van der Waals surface area (Å²) in [6, 6.07) is 34.2. The Labute approximate surface area is 255 Å². The molecule has 1 aliphatic rings. The topological polar surface area (TPSA) is 104 Å². The van der Waals surface area contributed by atoms with E-state index in [1.165, 1.54) is 5.56 Å². The van der Waals surface area contributed by atoms with Gasteiger partial charge in [-0.3, -0.25) is 0 Å². The first kappa shape index (κ1) is 28.4. The van der Waals surface area contributed by atoms with Gasteiger partial charge in [-0.05, 0) is 60.0 Å². The minimum Gasteiger partial charge on any atom is -0.490 e. The van der Waals surface area contributed by atoms with Gasteiger partial charge in [-0.25, -0.2) is 4.79 Å². The van der Waals surface area contributed by atoms with Crippen LogP contribution in [0.4, 0.5) is 0 Å². The van der Waals surface area contributed by atoms with Crippen molar-refractivity contribution in [2.24, 2.45) is 5.73 Å². The molecule has 0 fully saturated rings. The number of carbonyl (C=O) groups is 1. The highest BCUT2D eigenvalue weighted by Crippen LogP contribution is 2.45. The first-order valence-corrected chi connectivity index (χ1v) is 14.3. The lowest BCUT2D eigenvalue weighted by Crippen LogP contribution is -2.21. The van der Waals surface area contributed by atoms with E-state index in [0.717, 1.165) is 21.9 Å². The summed E-state index contributed by atoms with van der Waals surface area (Å²) < 4.78 is 23.7. The first-order valence-electron chi connectivity index (χ1n) is 14.3. The van der Waals surface area contributed by atoms with Gasteiger partial charge < -0.3 is 24.7 Å². The molecule has 5 aromatic carbocycles. The molecule has 0 spiro atoms. The monoisotopic (exact) mass is 582 g/mol. The Bertz CT molecular complexity index is 1930. The summed E-state index contributed by atoms with van der Waals surface area (Å²) >= 11 is 0. The molecule has 5 aromatic rings. The molecule has 1 heterocycles. The van der Waals surface area contributed by atoms with Crippen molar-refractivity contribution in [1.29, 1.82) is 5.26 Å². The van der Waals surface area contributed by atoms with Crippen molar-refractivity contribution in [2.75, 3.05) is 6.61 Å². The number of hydrogen-bond donors (Lipinski definition) is 1. The van der Waals surface area contributed by atoms with E-state index in [4.69, 9.17) is 24.7 Å². The van der Waals surface area contributed by atoms with Crippen molar-refractivity contribution < 1.29 is 23.7 Å². The predicted octanol–water partition coefficient (Wildman–Crippen LogP) is 7.56. The van der Waals surface area contributed by atoms with E-state index >= 15 is 0 Å². The zero-order valence-corrected chi connectivity index (χ0v) is 24.4. The summed E-state index contributed by atoms with van der Waals surface area (Å²) in [4.78, 5) is 13.2. The van der Waals surface area contributed by atoms with Gasteiger partial charge in [0.15, 0.2) is 11.5 Å². The molecule has 1 unspecified atom stereocenters. The molecule has 1 atom stereocenters. The molecule has 7 heteroatoms. The molecule has 0 bridgehead atoms. The van der Waals surface area contributed by atoms with Crippen LogP contribution in [0.1, 0.15) is 45.5 Å². The van der Waals surface area contributed by atoms with Crippen LogP contribution in [-0.4, -0.2) is 12.6 Å². The Morgan fingerprint density at radius 3 is 2.50 bits per heavy atom. The summed E-state index contributed by atoms with van der Waals surface area (Å²) in [6.07, 6.45) is 0. The quantitative estimate of drug-likeness (QED) is 0.149. The standard InChI is InChI=1S/C37H30N2O5/c1-3-41-34-19-26(15-18-32(34)42-22-24-13-11-23(2)12-14-24)35-30-17-16-27(20-33(30)44-36(39)31(35)21-38)43-37(40)29-10-6-8-25-7-4-5-9-28(25)29/h4-20,35H,3,22,39H2,1-2H3. The minimum absolute atomic E-state index is 0.0137. The van der Waals surface area contributed by atoms with E-state index in [1.54, 1.807) is 24.3 Å². The Balaban J connectivity index is 1.30. The van der Waals surface area contributed by atoms with Crippen LogP contribution in [0.5, 0.6) is 23.0 Å². The minimum atomic E-state index is -0.531. The molecule has 7 nitrogen and oxygen atoms in total. The second-order valence-corrected chi connectivity index (χ2v) is 10.5. The summed E-state index contributed by atoms with van der Waals surface area (Å²) in [5.74, 6) is 0.808. The molecule has 0 radical (unpaired) electrons. The zero-order valence-electron chi connectivity index (χ0n) is 24.4. The highest BCUT2D eigenvalue weighted by atomic mass is 16.5. The first-order chi connectivity index (χ1) is 21.4. The number of nitriles is 1. The second kappa shape index (κ2) is 12.2. The largest absolute Gasteiger partial charge is 0.490 e. The summed E-state index contributed by atoms with van der Waals surface area (Å²) in [5.41, 5.74) is 10.7. The second-order valence-electron chi connectivity index (χ2n) is 10.5. The van der Waals surface area contributed by atoms with Crippen molar-refractivity contribution in [3.8, 4) is 29.1 Å². The number of benzene rings is 5. The Morgan fingerprint density at radius 1 is 0.909 bits per heavy atom. The number of fused-ring (bicyclic) bond motifs is 2. The lowest BCUT2D eigenvalue weighted by molar-refractivity contribution is 0.0736. The molecule has 2 N–H and O–H groups in total. The number of ether oxygens (including phenoxy) is 4. The van der Waals surface area contributed by atoms with E-state index in [-0.39, 0.29) is 11.5 Å². The van der Waals surface area contributed by atoms with Gasteiger partial charge in [0.05, 0.1) is 18.1 Å². The van der Waals surface area contributed by atoms with Gasteiger partial charge in [-0.2, -0.15) is 5.26 Å². The third kappa shape index (κ3) is 5.66. The van der Waals surface area contributed by atoms with Crippen LogP contribution < -0.4 is 24.7 Å². The summed E-state index contributed by atoms with van der Waals surface area (Å²) in [7, 11) is 0. The van der Waals surface area contributed by atoms with Gasteiger partial charge in [0.25, 0.3) is 0 Å². The van der Waals surface area contributed by atoms with Gasteiger partial charge in [-0.15, -0.1) is 0 Å². The third-order valence-electron chi connectivity index (χ3n) is 7.53. The number of carbonyl (C=O) groups excluding carboxylic acids is 1. The van der Waals surface area contributed by atoms with Crippen molar-refractivity contribution in [3.05, 3.63) is 142 Å². The van der Waals surface area contributed by atoms with Crippen molar-refractivity contribution >= 4 is 16.7 Å². The fourth-order valence-electron chi connectivity index (χ4n) is 5.34. The lowest BCUT2D eigenvalue weighted by atomic mass is 9.83. The number of hydrogen-bond acceptors (Lipinski definition) is 7. The molecular weight excluding hydrogens is 552 g/mol. The van der Waals surface area contributed by atoms with Gasteiger partial charge in [0, 0.05) is 11.6 Å². The maximum Gasteiger partial charge on any atom is 0.344 e. The van der Waals surface area contributed by atoms with Crippen LogP contribution in [0.25, 0.3) is 10.8 Å². The predicted molar refractivity (Wildman–Crippen MR) is 168 cm³/mol. The molecule has 218 valence electrons. The molecular formula is C37H30N2O5. The molecule has 0 aliphatic carbocycles. The van der Waals surface area contributed by atoms with Crippen LogP contribution in [0.2, 0.25) is 0 Å². The van der Waals surface area contributed by atoms with Crippen LogP contribution in [0, 0.1) is 18.3 Å². The molecule has 44 heavy (non-hydrogen) atoms. The maximum atomic E-state index is 13.2. The third-order valence-corrected chi connectivity index (χ3v) is 7.53. The van der Waals surface area contributed by atoms with E-state index < -0.39 is 11.9 Å². The van der Waals surface area contributed by atoms with E-state index in [9.17, 15) is 10.1 Å². The zero-order chi connectivity index (χ0) is 30.6. The van der Waals surface area contributed by atoms with Gasteiger partial charge in [-0.1, -0.05) is 78.4 Å². The highest BCUT2D eigenvalue weighted by Gasteiger charge is 2.32. The Hall–Kier alpha value is -5.74. The molecule has 1 aliphatic heterocycles. The number of esters is 1. The lowest BCUT2D eigenvalue weighted by Gasteiger charge is -2.27. The average molecular weight is 583 g/mol. The summed E-state index contributed by atoms with van der Waals surface area (Å²) in [6.45, 7) is 4.76. The normalized spacial score (nSPS) is 13.9. The van der Waals surface area contributed by atoms with Gasteiger partial charge in [0.1, 0.15) is 29.7 Å². The molecule has 0 amide bonds. The number of nitrogens with zero attached hydrogens (tertiary/aromatic N) is 1. The van der Waals surface area contributed by atoms with Crippen LogP contribution in [-0.2, 0) is 6.61 Å².